The molecule has 1 saturated carbocycles. The first-order valence-electron chi connectivity index (χ1n) is 6.69. The maximum Gasteiger partial charge on any atom is 0.0534 e. The Kier molecular flexibility index (Phi) is 4.57. The van der Waals surface area contributed by atoms with Gasteiger partial charge >= 0.3 is 0 Å². The Balaban J connectivity index is 1.83. The van der Waals surface area contributed by atoms with Crippen molar-refractivity contribution in [3.05, 3.63) is 18.0 Å². The van der Waals surface area contributed by atoms with Crippen LogP contribution in [-0.4, -0.2) is 27.5 Å². The van der Waals surface area contributed by atoms with Gasteiger partial charge in [0.05, 0.1) is 6.20 Å². The van der Waals surface area contributed by atoms with Crippen LogP contribution in [0.15, 0.2) is 12.4 Å². The Morgan fingerprint density at radius 2 is 2.29 bits per heavy atom. The fraction of sp³-hybridized carbons (Fsp3) is 0.769. The molecule has 1 aromatic rings. The van der Waals surface area contributed by atoms with Crippen LogP contribution >= 0.6 is 0 Å². The molecule has 2 atom stereocenters. The number of nitrogens with one attached hydrogen (secondary N) is 1. The predicted molar refractivity (Wildman–Crippen MR) is 67.6 cm³/mol. The van der Waals surface area contributed by atoms with Gasteiger partial charge in [-0.05, 0) is 25.7 Å². The molecule has 1 fully saturated rings. The van der Waals surface area contributed by atoms with Crippen molar-refractivity contribution in [3.63, 3.8) is 0 Å². The van der Waals surface area contributed by atoms with Gasteiger partial charge in [0.2, 0.25) is 0 Å². The third kappa shape index (κ3) is 3.30. The first-order chi connectivity index (χ1) is 8.33. The second-order valence-corrected chi connectivity index (χ2v) is 4.92. The lowest BCUT2D eigenvalue weighted by molar-refractivity contribution is 0.152. The lowest BCUT2D eigenvalue weighted by Crippen LogP contribution is -2.39. The molecule has 2 rings (SSSR count). The molecule has 4 nitrogen and oxygen atoms in total. The van der Waals surface area contributed by atoms with E-state index in [2.05, 4.69) is 23.5 Å². The summed E-state index contributed by atoms with van der Waals surface area (Å²) in [6.45, 7) is 4.18. The van der Waals surface area contributed by atoms with E-state index in [1.165, 1.54) is 24.8 Å². The van der Waals surface area contributed by atoms with Crippen molar-refractivity contribution < 1.29 is 5.11 Å². The van der Waals surface area contributed by atoms with Crippen LogP contribution in [0.2, 0.25) is 0 Å². The molecule has 1 aromatic heterocycles. The van der Waals surface area contributed by atoms with E-state index in [0.717, 1.165) is 19.5 Å². The molecule has 0 aliphatic heterocycles. The topological polar surface area (TPSA) is 50.1 Å². The minimum atomic E-state index is 0.311. The average molecular weight is 237 g/mol. The SMILES string of the molecule is CCn1cc(CNC2CCCCC2CO)cn1. The van der Waals surface area contributed by atoms with Crippen LogP contribution in [0.3, 0.4) is 0 Å². The van der Waals surface area contributed by atoms with Gasteiger partial charge in [0.1, 0.15) is 0 Å². The molecule has 4 heteroatoms. The van der Waals surface area contributed by atoms with Crippen molar-refractivity contribution in [2.45, 2.75) is 51.7 Å². The first-order valence-corrected chi connectivity index (χ1v) is 6.69. The van der Waals surface area contributed by atoms with Crippen molar-refractivity contribution in [2.24, 2.45) is 5.92 Å². The highest BCUT2D eigenvalue weighted by Gasteiger charge is 2.23. The van der Waals surface area contributed by atoms with Crippen molar-refractivity contribution in [3.8, 4) is 0 Å². The molecule has 1 heterocycles. The van der Waals surface area contributed by atoms with Gasteiger partial charge in [-0.1, -0.05) is 12.8 Å². The minimum Gasteiger partial charge on any atom is -0.396 e. The Hall–Kier alpha value is -0.870. The monoisotopic (exact) mass is 237 g/mol. The van der Waals surface area contributed by atoms with E-state index in [0.29, 0.717) is 18.6 Å². The highest BCUT2D eigenvalue weighted by Crippen LogP contribution is 2.24. The van der Waals surface area contributed by atoms with Gasteiger partial charge in [0.25, 0.3) is 0 Å². The lowest BCUT2D eigenvalue weighted by Gasteiger charge is -2.30. The normalized spacial score (nSPS) is 25.1. The number of aryl methyl sites for hydroxylation is 1. The zero-order chi connectivity index (χ0) is 12.1. The Bertz CT molecular complexity index is 337. The van der Waals surface area contributed by atoms with E-state index >= 15 is 0 Å². The van der Waals surface area contributed by atoms with Gasteiger partial charge < -0.3 is 10.4 Å². The first kappa shape index (κ1) is 12.6. The van der Waals surface area contributed by atoms with E-state index < -0.39 is 0 Å². The third-order valence-electron chi connectivity index (χ3n) is 3.72. The molecule has 96 valence electrons. The molecular weight excluding hydrogens is 214 g/mol. The maximum absolute atomic E-state index is 9.34. The summed E-state index contributed by atoms with van der Waals surface area (Å²) in [6, 6.07) is 0.471. The number of hydrogen-bond donors (Lipinski definition) is 2. The number of aliphatic hydroxyl groups is 1. The molecule has 2 unspecified atom stereocenters. The van der Waals surface area contributed by atoms with E-state index in [9.17, 15) is 5.11 Å². The number of rotatable bonds is 5. The average Bonchev–Trinajstić information content (AvgIpc) is 2.84. The van der Waals surface area contributed by atoms with Gasteiger partial charge in [-0.15, -0.1) is 0 Å². The Labute approximate surface area is 103 Å². The van der Waals surface area contributed by atoms with Gasteiger partial charge in [-0.3, -0.25) is 4.68 Å². The van der Waals surface area contributed by atoms with Crippen molar-refractivity contribution in [1.29, 1.82) is 0 Å². The molecule has 2 N–H and O–H groups in total. The summed E-state index contributed by atoms with van der Waals surface area (Å²) in [6.07, 6.45) is 8.89. The zero-order valence-corrected chi connectivity index (χ0v) is 10.6. The van der Waals surface area contributed by atoms with Gasteiger partial charge in [0, 0.05) is 37.5 Å². The van der Waals surface area contributed by atoms with Crippen LogP contribution in [0.25, 0.3) is 0 Å². The van der Waals surface area contributed by atoms with Crippen LogP contribution in [0.5, 0.6) is 0 Å². The summed E-state index contributed by atoms with van der Waals surface area (Å²) in [4.78, 5) is 0. The van der Waals surface area contributed by atoms with E-state index in [1.807, 2.05) is 10.9 Å². The molecule has 0 bridgehead atoms. The highest BCUT2D eigenvalue weighted by molar-refractivity contribution is 5.03. The number of nitrogens with zero attached hydrogens (tertiary/aromatic N) is 2. The molecule has 0 spiro atoms. The van der Waals surface area contributed by atoms with Crippen LogP contribution < -0.4 is 5.32 Å². The van der Waals surface area contributed by atoms with Crippen LogP contribution in [0, 0.1) is 5.92 Å². The molecule has 0 aromatic carbocycles. The van der Waals surface area contributed by atoms with Crippen LogP contribution in [0.4, 0.5) is 0 Å². The standard InChI is InChI=1S/C13H23N3O/c1-2-16-9-11(8-15-16)7-14-13-6-4-3-5-12(13)10-17/h8-9,12-14,17H,2-7,10H2,1H3. The molecule has 1 aliphatic carbocycles. The number of aromatic nitrogens is 2. The Morgan fingerprint density at radius 3 is 3.00 bits per heavy atom. The second kappa shape index (κ2) is 6.17. The van der Waals surface area contributed by atoms with Crippen molar-refractivity contribution >= 4 is 0 Å². The lowest BCUT2D eigenvalue weighted by atomic mass is 9.85. The van der Waals surface area contributed by atoms with Crippen LogP contribution in [0.1, 0.15) is 38.2 Å². The third-order valence-corrected chi connectivity index (χ3v) is 3.72. The summed E-state index contributed by atoms with van der Waals surface area (Å²) in [7, 11) is 0. The molecule has 0 radical (unpaired) electrons. The minimum absolute atomic E-state index is 0.311. The summed E-state index contributed by atoms with van der Waals surface area (Å²) < 4.78 is 1.95. The van der Waals surface area contributed by atoms with Crippen molar-refractivity contribution in [1.82, 2.24) is 15.1 Å². The van der Waals surface area contributed by atoms with Crippen LogP contribution in [-0.2, 0) is 13.1 Å². The summed E-state index contributed by atoms with van der Waals surface area (Å²) in [5.41, 5.74) is 1.23. The molecule has 0 saturated heterocycles. The fourth-order valence-corrected chi connectivity index (χ4v) is 2.61. The molecule has 1 aliphatic rings. The summed E-state index contributed by atoms with van der Waals surface area (Å²) in [5, 5.41) is 17.2. The van der Waals surface area contributed by atoms with E-state index in [-0.39, 0.29) is 0 Å². The smallest absolute Gasteiger partial charge is 0.0534 e. The van der Waals surface area contributed by atoms with Gasteiger partial charge in [0.15, 0.2) is 0 Å². The molecular formula is C13H23N3O. The van der Waals surface area contributed by atoms with E-state index in [1.54, 1.807) is 0 Å². The fourth-order valence-electron chi connectivity index (χ4n) is 2.61. The van der Waals surface area contributed by atoms with Gasteiger partial charge in [-0.25, -0.2) is 0 Å². The zero-order valence-electron chi connectivity index (χ0n) is 10.6. The van der Waals surface area contributed by atoms with E-state index in [4.69, 9.17) is 0 Å². The largest absolute Gasteiger partial charge is 0.396 e. The van der Waals surface area contributed by atoms with Crippen molar-refractivity contribution in [2.75, 3.05) is 6.61 Å². The molecule has 17 heavy (non-hydrogen) atoms. The maximum atomic E-state index is 9.34. The molecule has 0 amide bonds. The summed E-state index contributed by atoms with van der Waals surface area (Å²) >= 11 is 0. The Morgan fingerprint density at radius 1 is 1.47 bits per heavy atom. The quantitative estimate of drug-likeness (QED) is 0.817. The van der Waals surface area contributed by atoms with Gasteiger partial charge in [-0.2, -0.15) is 5.10 Å². The number of hydrogen-bond acceptors (Lipinski definition) is 3. The predicted octanol–water partition coefficient (Wildman–Crippen LogP) is 1.54. The highest BCUT2D eigenvalue weighted by atomic mass is 16.3. The second-order valence-electron chi connectivity index (χ2n) is 4.92. The summed E-state index contributed by atoms with van der Waals surface area (Å²) in [5.74, 6) is 0.435. The number of aliphatic hydroxyl groups excluding tert-OH is 1.